The number of rotatable bonds is 2. The third-order valence-corrected chi connectivity index (χ3v) is 2.55. The Balaban J connectivity index is 2.22. The zero-order valence-electron chi connectivity index (χ0n) is 9.03. The average Bonchev–Trinajstić information content (AvgIpc) is 2.68. The molecule has 0 radical (unpaired) electrons. The number of hydrogen-bond acceptors (Lipinski definition) is 3. The third-order valence-electron chi connectivity index (χ3n) is 2.31. The van der Waals surface area contributed by atoms with Gasteiger partial charge in [-0.3, -0.25) is 4.79 Å². The van der Waals surface area contributed by atoms with Gasteiger partial charge in [0.05, 0.1) is 17.5 Å². The lowest BCUT2D eigenvalue weighted by Gasteiger charge is -2.06. The van der Waals surface area contributed by atoms with Gasteiger partial charge in [-0.05, 0) is 25.1 Å². The van der Waals surface area contributed by atoms with E-state index in [0.29, 0.717) is 22.0 Å². The van der Waals surface area contributed by atoms with E-state index < -0.39 is 0 Å². The number of benzene rings is 1. The molecule has 0 spiro atoms. The summed E-state index contributed by atoms with van der Waals surface area (Å²) in [6, 6.07) is 6.04. The zero-order valence-corrected chi connectivity index (χ0v) is 9.78. The highest BCUT2D eigenvalue weighted by Gasteiger charge is 2.13. The second kappa shape index (κ2) is 4.51. The second-order valence-corrected chi connectivity index (χ2v) is 3.94. The Morgan fingerprint density at radius 1 is 1.41 bits per heavy atom. The summed E-state index contributed by atoms with van der Waals surface area (Å²) in [5, 5.41) is 12.6. The van der Waals surface area contributed by atoms with Crippen LogP contribution in [0.5, 0.6) is 5.75 Å². The molecule has 0 saturated heterocycles. The lowest BCUT2D eigenvalue weighted by Crippen LogP contribution is -2.12. The number of carbonyl (C=O) groups excluding carboxylic acids is 1. The number of hydrogen-bond donors (Lipinski definition) is 2. The SMILES string of the molecule is Cc1occc1C(=O)Nc1ccc(Cl)cc1O. The highest BCUT2D eigenvalue weighted by molar-refractivity contribution is 6.30. The van der Waals surface area contributed by atoms with Crippen LogP contribution in [0.25, 0.3) is 0 Å². The van der Waals surface area contributed by atoms with Crippen molar-refractivity contribution in [3.8, 4) is 5.75 Å². The van der Waals surface area contributed by atoms with Crippen molar-refractivity contribution >= 4 is 23.2 Å². The minimum Gasteiger partial charge on any atom is -0.506 e. The molecule has 0 fully saturated rings. The maximum Gasteiger partial charge on any atom is 0.259 e. The van der Waals surface area contributed by atoms with Crippen LogP contribution < -0.4 is 5.32 Å². The van der Waals surface area contributed by atoms with Gasteiger partial charge in [-0.1, -0.05) is 11.6 Å². The molecule has 0 bridgehead atoms. The number of amides is 1. The van der Waals surface area contributed by atoms with Crippen LogP contribution in [0.3, 0.4) is 0 Å². The van der Waals surface area contributed by atoms with Crippen LogP contribution in [0.15, 0.2) is 34.9 Å². The Morgan fingerprint density at radius 2 is 2.18 bits per heavy atom. The minimum absolute atomic E-state index is 0.0769. The van der Waals surface area contributed by atoms with Gasteiger partial charge in [0, 0.05) is 11.1 Å². The predicted molar refractivity (Wildman–Crippen MR) is 64.5 cm³/mol. The summed E-state index contributed by atoms with van der Waals surface area (Å²) in [6.45, 7) is 1.69. The lowest BCUT2D eigenvalue weighted by atomic mass is 10.2. The molecule has 0 atom stereocenters. The predicted octanol–water partition coefficient (Wildman–Crippen LogP) is 3.20. The van der Waals surface area contributed by atoms with Gasteiger partial charge in [-0.2, -0.15) is 0 Å². The van der Waals surface area contributed by atoms with E-state index in [1.807, 2.05) is 0 Å². The van der Waals surface area contributed by atoms with Crippen molar-refractivity contribution in [2.24, 2.45) is 0 Å². The lowest BCUT2D eigenvalue weighted by molar-refractivity contribution is 0.102. The molecule has 0 aliphatic rings. The highest BCUT2D eigenvalue weighted by Crippen LogP contribution is 2.27. The van der Waals surface area contributed by atoms with Gasteiger partial charge in [0.15, 0.2) is 0 Å². The van der Waals surface area contributed by atoms with Crippen molar-refractivity contribution < 1.29 is 14.3 Å². The minimum atomic E-state index is -0.339. The smallest absolute Gasteiger partial charge is 0.259 e. The number of phenolic OH excluding ortho intramolecular Hbond substituents is 1. The normalized spacial score (nSPS) is 10.2. The Bertz CT molecular complexity index is 563. The summed E-state index contributed by atoms with van der Waals surface area (Å²) in [6.07, 6.45) is 1.44. The first-order valence-corrected chi connectivity index (χ1v) is 5.29. The van der Waals surface area contributed by atoms with Crippen LogP contribution in [-0.4, -0.2) is 11.0 Å². The van der Waals surface area contributed by atoms with Crippen LogP contribution in [0.1, 0.15) is 16.1 Å². The highest BCUT2D eigenvalue weighted by atomic mass is 35.5. The van der Waals surface area contributed by atoms with E-state index in [1.165, 1.54) is 18.4 Å². The molecule has 88 valence electrons. The molecule has 2 N–H and O–H groups in total. The van der Waals surface area contributed by atoms with E-state index in [2.05, 4.69) is 5.32 Å². The fourth-order valence-electron chi connectivity index (χ4n) is 1.42. The number of anilines is 1. The fraction of sp³-hybridized carbons (Fsp3) is 0.0833. The number of halogens is 1. The quantitative estimate of drug-likeness (QED) is 0.806. The second-order valence-electron chi connectivity index (χ2n) is 3.51. The van der Waals surface area contributed by atoms with E-state index in [4.69, 9.17) is 16.0 Å². The van der Waals surface area contributed by atoms with Crippen LogP contribution in [0.2, 0.25) is 5.02 Å². The number of aryl methyl sites for hydroxylation is 1. The van der Waals surface area contributed by atoms with Crippen LogP contribution >= 0.6 is 11.6 Å². The van der Waals surface area contributed by atoms with Crippen molar-refractivity contribution in [2.45, 2.75) is 6.92 Å². The van der Waals surface area contributed by atoms with E-state index in [9.17, 15) is 9.90 Å². The maximum atomic E-state index is 11.8. The molecule has 4 nitrogen and oxygen atoms in total. The van der Waals surface area contributed by atoms with Gasteiger partial charge in [-0.15, -0.1) is 0 Å². The van der Waals surface area contributed by atoms with Gasteiger partial charge >= 0.3 is 0 Å². The summed E-state index contributed by atoms with van der Waals surface area (Å²) < 4.78 is 5.03. The van der Waals surface area contributed by atoms with Crippen molar-refractivity contribution in [2.75, 3.05) is 5.32 Å². The number of nitrogens with one attached hydrogen (secondary N) is 1. The van der Waals surface area contributed by atoms with Crippen LogP contribution in [0, 0.1) is 6.92 Å². The molecule has 1 heterocycles. The Labute approximate surface area is 103 Å². The van der Waals surface area contributed by atoms with Gasteiger partial charge < -0.3 is 14.8 Å². The van der Waals surface area contributed by atoms with Crippen molar-refractivity contribution in [1.29, 1.82) is 0 Å². The first-order chi connectivity index (χ1) is 8.08. The molecule has 1 aromatic carbocycles. The van der Waals surface area contributed by atoms with E-state index in [0.717, 1.165) is 0 Å². The molecular weight excluding hydrogens is 242 g/mol. The monoisotopic (exact) mass is 251 g/mol. The summed E-state index contributed by atoms with van der Waals surface area (Å²) >= 11 is 5.69. The Kier molecular flexibility index (Phi) is 3.06. The molecule has 5 heteroatoms. The molecule has 0 unspecified atom stereocenters. The summed E-state index contributed by atoms with van der Waals surface area (Å²) in [4.78, 5) is 11.8. The standard InChI is InChI=1S/C12H10ClNO3/c1-7-9(4-5-17-7)12(16)14-10-3-2-8(13)6-11(10)15/h2-6,15H,1H3,(H,14,16). The van der Waals surface area contributed by atoms with Gasteiger partial charge in [-0.25, -0.2) is 0 Å². The molecule has 2 rings (SSSR count). The summed E-state index contributed by atoms with van der Waals surface area (Å²) in [7, 11) is 0. The molecular formula is C12H10ClNO3. The number of phenols is 1. The van der Waals surface area contributed by atoms with Crippen molar-refractivity contribution in [1.82, 2.24) is 0 Å². The van der Waals surface area contributed by atoms with Crippen molar-refractivity contribution in [3.63, 3.8) is 0 Å². The molecule has 1 aromatic heterocycles. The largest absolute Gasteiger partial charge is 0.506 e. The van der Waals surface area contributed by atoms with Gasteiger partial charge in [0.2, 0.25) is 0 Å². The number of furan rings is 1. The van der Waals surface area contributed by atoms with Crippen LogP contribution in [-0.2, 0) is 0 Å². The fourth-order valence-corrected chi connectivity index (χ4v) is 1.59. The van der Waals surface area contributed by atoms with Crippen molar-refractivity contribution in [3.05, 3.63) is 46.9 Å². The molecule has 2 aromatic rings. The summed E-state index contributed by atoms with van der Waals surface area (Å²) in [5.74, 6) is 0.108. The topological polar surface area (TPSA) is 62.5 Å². The van der Waals surface area contributed by atoms with Crippen LogP contribution in [0.4, 0.5) is 5.69 Å². The van der Waals surface area contributed by atoms with E-state index >= 15 is 0 Å². The van der Waals surface area contributed by atoms with E-state index in [-0.39, 0.29) is 11.7 Å². The van der Waals surface area contributed by atoms with E-state index in [1.54, 1.807) is 19.1 Å². The van der Waals surface area contributed by atoms with Gasteiger partial charge in [0.1, 0.15) is 11.5 Å². The summed E-state index contributed by atoms with van der Waals surface area (Å²) in [5.41, 5.74) is 0.736. The molecule has 0 saturated carbocycles. The average molecular weight is 252 g/mol. The molecule has 0 aliphatic heterocycles. The Hall–Kier alpha value is -1.94. The first-order valence-electron chi connectivity index (χ1n) is 4.92. The number of carbonyl (C=O) groups is 1. The molecule has 0 aliphatic carbocycles. The molecule has 1 amide bonds. The number of aromatic hydroxyl groups is 1. The first kappa shape index (κ1) is 11.5. The molecule has 17 heavy (non-hydrogen) atoms. The Morgan fingerprint density at radius 3 is 2.76 bits per heavy atom. The zero-order chi connectivity index (χ0) is 12.4. The maximum absolute atomic E-state index is 11.8. The third kappa shape index (κ3) is 2.42. The van der Waals surface area contributed by atoms with Gasteiger partial charge in [0.25, 0.3) is 5.91 Å².